The van der Waals surface area contributed by atoms with E-state index in [0.717, 1.165) is 0 Å². The van der Waals surface area contributed by atoms with Gasteiger partial charge >= 0.3 is 6.01 Å². The number of hydrogen-bond donors (Lipinski definition) is 2. The summed E-state index contributed by atoms with van der Waals surface area (Å²) >= 11 is 0. The Hall–Kier alpha value is -1.10. The van der Waals surface area contributed by atoms with Gasteiger partial charge in [0, 0.05) is 6.54 Å². The predicted molar refractivity (Wildman–Crippen MR) is 34.6 cm³/mol. The minimum absolute atomic E-state index is 0.0570. The second kappa shape index (κ2) is 3.17. The summed E-state index contributed by atoms with van der Waals surface area (Å²) in [5.74, 6) is 0.584. The van der Waals surface area contributed by atoms with E-state index in [1.165, 1.54) is 0 Å². The van der Waals surface area contributed by atoms with Crippen molar-refractivity contribution in [3.8, 4) is 0 Å². The number of hydrogen-bond acceptors (Lipinski definition) is 5. The van der Waals surface area contributed by atoms with Gasteiger partial charge in [0.05, 0.1) is 6.61 Å². The van der Waals surface area contributed by atoms with Crippen LogP contribution in [-0.4, -0.2) is 28.4 Å². The van der Waals surface area contributed by atoms with E-state index in [4.69, 9.17) is 5.11 Å². The molecule has 0 atom stereocenters. The molecule has 0 unspecified atom stereocenters. The minimum atomic E-state index is 0.0570. The molecule has 1 heterocycles. The van der Waals surface area contributed by atoms with Crippen LogP contribution >= 0.6 is 0 Å². The molecule has 5 heteroatoms. The summed E-state index contributed by atoms with van der Waals surface area (Å²) in [5, 5.41) is 14.6. The molecule has 0 aromatic carbocycles. The number of nitrogens with zero attached hydrogens (tertiary/aromatic N) is 2. The fourth-order valence-corrected chi connectivity index (χ4v) is 0.532. The molecule has 0 amide bonds. The fraction of sp³-hybridized carbons (Fsp3) is 0.600. The first kappa shape index (κ1) is 7.01. The predicted octanol–water partition coefficient (Wildman–Crippen LogP) is -0.218. The van der Waals surface area contributed by atoms with Crippen molar-refractivity contribution in [2.45, 2.75) is 6.92 Å². The molecule has 10 heavy (non-hydrogen) atoms. The molecule has 0 saturated carbocycles. The number of aliphatic hydroxyl groups excluding tert-OH is 1. The van der Waals surface area contributed by atoms with E-state index in [-0.39, 0.29) is 6.61 Å². The third kappa shape index (κ3) is 1.70. The Morgan fingerprint density at radius 2 is 2.50 bits per heavy atom. The van der Waals surface area contributed by atoms with Gasteiger partial charge in [-0.1, -0.05) is 5.16 Å². The second-order valence-corrected chi connectivity index (χ2v) is 1.80. The third-order valence-electron chi connectivity index (χ3n) is 0.916. The number of aliphatic hydroxyl groups is 1. The van der Waals surface area contributed by atoms with Gasteiger partial charge in [-0.25, -0.2) is 0 Å². The van der Waals surface area contributed by atoms with Crippen LogP contribution in [0.15, 0.2) is 4.52 Å². The largest absolute Gasteiger partial charge is 0.395 e. The summed E-state index contributed by atoms with van der Waals surface area (Å²) in [6, 6.07) is 0.353. The molecule has 0 spiro atoms. The van der Waals surface area contributed by atoms with Gasteiger partial charge in [-0.05, 0) is 6.92 Å². The lowest BCUT2D eigenvalue weighted by Crippen LogP contribution is -2.05. The maximum absolute atomic E-state index is 8.38. The normalized spacial score (nSPS) is 9.80. The third-order valence-corrected chi connectivity index (χ3v) is 0.916. The highest BCUT2D eigenvalue weighted by Gasteiger charge is 1.98. The molecule has 1 aromatic heterocycles. The maximum Gasteiger partial charge on any atom is 0.321 e. The summed E-state index contributed by atoms with van der Waals surface area (Å²) < 4.78 is 4.68. The van der Waals surface area contributed by atoms with Gasteiger partial charge in [-0.3, -0.25) is 0 Å². The highest BCUT2D eigenvalue weighted by Crippen LogP contribution is 1.99. The van der Waals surface area contributed by atoms with Crippen LogP contribution in [0, 0.1) is 6.92 Å². The van der Waals surface area contributed by atoms with Gasteiger partial charge in [0.1, 0.15) is 0 Å². The first-order chi connectivity index (χ1) is 4.83. The standard InChI is InChI=1S/C5H9N3O2/c1-4-7-5(10-8-4)6-2-3-9/h9H,2-3H2,1H3,(H,6,7,8). The Labute approximate surface area is 58.1 Å². The van der Waals surface area contributed by atoms with E-state index in [1.807, 2.05) is 0 Å². The summed E-state index contributed by atoms with van der Waals surface area (Å²) in [6.45, 7) is 2.22. The van der Waals surface area contributed by atoms with Gasteiger partial charge in [0.2, 0.25) is 0 Å². The van der Waals surface area contributed by atoms with Gasteiger partial charge in [-0.2, -0.15) is 4.98 Å². The highest BCUT2D eigenvalue weighted by atomic mass is 16.5. The summed E-state index contributed by atoms with van der Waals surface area (Å²) in [7, 11) is 0. The average molecular weight is 143 g/mol. The molecule has 5 nitrogen and oxygen atoms in total. The Morgan fingerprint density at radius 1 is 1.70 bits per heavy atom. The lowest BCUT2D eigenvalue weighted by atomic mass is 10.7. The average Bonchev–Trinajstić information content (AvgIpc) is 2.31. The maximum atomic E-state index is 8.38. The Kier molecular flexibility index (Phi) is 2.22. The SMILES string of the molecule is Cc1noc(NCCO)n1. The lowest BCUT2D eigenvalue weighted by molar-refractivity contribution is 0.308. The quantitative estimate of drug-likeness (QED) is 0.612. The molecule has 56 valence electrons. The summed E-state index contributed by atoms with van der Waals surface area (Å²) in [6.07, 6.45) is 0. The van der Waals surface area contributed by atoms with Crippen LogP contribution in [0.25, 0.3) is 0 Å². The Morgan fingerprint density at radius 3 is 3.00 bits per heavy atom. The van der Waals surface area contributed by atoms with Crippen molar-refractivity contribution in [1.29, 1.82) is 0 Å². The summed E-state index contributed by atoms with van der Waals surface area (Å²) in [5.41, 5.74) is 0. The highest BCUT2D eigenvalue weighted by molar-refractivity contribution is 5.17. The number of rotatable bonds is 3. The van der Waals surface area contributed by atoms with E-state index in [2.05, 4.69) is 20.0 Å². The zero-order valence-electron chi connectivity index (χ0n) is 5.66. The minimum Gasteiger partial charge on any atom is -0.395 e. The number of aryl methyl sites for hydroxylation is 1. The van der Waals surface area contributed by atoms with E-state index in [0.29, 0.717) is 18.4 Å². The van der Waals surface area contributed by atoms with Gasteiger partial charge in [0.15, 0.2) is 5.82 Å². The zero-order valence-corrected chi connectivity index (χ0v) is 5.66. The Balaban J connectivity index is 2.42. The van der Waals surface area contributed by atoms with Crippen LogP contribution in [-0.2, 0) is 0 Å². The van der Waals surface area contributed by atoms with Crippen LogP contribution in [0.4, 0.5) is 6.01 Å². The smallest absolute Gasteiger partial charge is 0.321 e. The van der Waals surface area contributed by atoms with E-state index < -0.39 is 0 Å². The van der Waals surface area contributed by atoms with E-state index >= 15 is 0 Å². The molecule has 0 aliphatic heterocycles. The first-order valence-corrected chi connectivity index (χ1v) is 2.98. The molecule has 1 rings (SSSR count). The molecule has 0 saturated heterocycles. The molecule has 0 fully saturated rings. The van der Waals surface area contributed by atoms with Gasteiger partial charge in [0.25, 0.3) is 0 Å². The van der Waals surface area contributed by atoms with E-state index in [1.54, 1.807) is 6.92 Å². The van der Waals surface area contributed by atoms with Crippen molar-refractivity contribution in [3.63, 3.8) is 0 Å². The Bertz CT molecular complexity index is 199. The van der Waals surface area contributed by atoms with Crippen molar-refractivity contribution in [3.05, 3.63) is 5.82 Å². The first-order valence-electron chi connectivity index (χ1n) is 2.98. The van der Waals surface area contributed by atoms with Crippen LogP contribution in [0.2, 0.25) is 0 Å². The molecule has 0 aliphatic rings. The van der Waals surface area contributed by atoms with Crippen LogP contribution in [0.1, 0.15) is 5.82 Å². The van der Waals surface area contributed by atoms with E-state index in [9.17, 15) is 0 Å². The van der Waals surface area contributed by atoms with Crippen molar-refractivity contribution in [2.75, 3.05) is 18.5 Å². The van der Waals surface area contributed by atoms with Crippen LogP contribution in [0.5, 0.6) is 0 Å². The van der Waals surface area contributed by atoms with Gasteiger partial charge in [-0.15, -0.1) is 0 Å². The van der Waals surface area contributed by atoms with Gasteiger partial charge < -0.3 is 14.9 Å². The lowest BCUT2D eigenvalue weighted by Gasteiger charge is -1.92. The van der Waals surface area contributed by atoms with Crippen LogP contribution < -0.4 is 5.32 Å². The molecule has 2 N–H and O–H groups in total. The molecule has 0 aliphatic carbocycles. The van der Waals surface area contributed by atoms with Crippen LogP contribution in [0.3, 0.4) is 0 Å². The molecular formula is C5H9N3O2. The molecule has 0 bridgehead atoms. The fourth-order valence-electron chi connectivity index (χ4n) is 0.532. The van der Waals surface area contributed by atoms with Crippen molar-refractivity contribution in [1.82, 2.24) is 10.1 Å². The number of anilines is 1. The molecule has 1 aromatic rings. The van der Waals surface area contributed by atoms with Crippen molar-refractivity contribution < 1.29 is 9.63 Å². The van der Waals surface area contributed by atoms with Crippen molar-refractivity contribution in [2.24, 2.45) is 0 Å². The molecular weight excluding hydrogens is 134 g/mol. The number of aromatic nitrogens is 2. The van der Waals surface area contributed by atoms with Crippen molar-refractivity contribution >= 4 is 6.01 Å². The number of nitrogens with one attached hydrogen (secondary N) is 1. The summed E-state index contributed by atoms with van der Waals surface area (Å²) in [4.78, 5) is 3.85. The monoisotopic (exact) mass is 143 g/mol. The topological polar surface area (TPSA) is 71.2 Å². The second-order valence-electron chi connectivity index (χ2n) is 1.80. The molecule has 0 radical (unpaired) electrons. The zero-order chi connectivity index (χ0) is 7.40.